The molecule has 0 aromatic heterocycles. The first-order chi connectivity index (χ1) is 28.2. The minimum absolute atomic E-state index is 0.0645. The third-order valence-electron chi connectivity index (χ3n) is 11.7. The molecule has 0 bridgehead atoms. The van der Waals surface area contributed by atoms with E-state index in [4.69, 9.17) is 14.2 Å². The van der Waals surface area contributed by atoms with E-state index in [1.165, 1.54) is 173 Å². The van der Waals surface area contributed by atoms with Crippen LogP contribution in [0.4, 0.5) is 0 Å². The van der Waals surface area contributed by atoms with Crippen molar-refractivity contribution in [2.45, 2.75) is 291 Å². The van der Waals surface area contributed by atoms with Gasteiger partial charge in [-0.1, -0.05) is 247 Å². The number of esters is 3. The standard InChI is InChI=1S/C52H100O6/c1-6-7-8-9-10-11-12-13-14-15-16-20-23-26-32-37-42-50(53)56-45-49(46-57-51(54)43-38-33-29-28-31-36-41-48(4)5)58-52(55)44-39-34-27-24-21-18-17-19-22-25-30-35-40-47(2)3/h47-49H,6-46H2,1-5H3/t49-/m0/s1. The molecule has 6 heteroatoms. The highest BCUT2D eigenvalue weighted by atomic mass is 16.6. The molecule has 0 saturated heterocycles. The van der Waals surface area contributed by atoms with Gasteiger partial charge in [0.2, 0.25) is 0 Å². The summed E-state index contributed by atoms with van der Waals surface area (Å²) < 4.78 is 16.8. The van der Waals surface area contributed by atoms with E-state index in [0.717, 1.165) is 69.6 Å². The van der Waals surface area contributed by atoms with Gasteiger partial charge >= 0.3 is 17.9 Å². The smallest absolute Gasteiger partial charge is 0.306 e. The number of hydrogen-bond donors (Lipinski definition) is 0. The zero-order chi connectivity index (χ0) is 42.6. The predicted octanol–water partition coefficient (Wildman–Crippen LogP) is 16.5. The van der Waals surface area contributed by atoms with Gasteiger partial charge in [0.1, 0.15) is 13.2 Å². The second-order valence-electron chi connectivity index (χ2n) is 18.8. The van der Waals surface area contributed by atoms with Crippen LogP contribution < -0.4 is 0 Å². The Morgan fingerprint density at radius 3 is 0.845 bits per heavy atom. The van der Waals surface area contributed by atoms with Gasteiger partial charge in [0.25, 0.3) is 0 Å². The Kier molecular flexibility index (Phi) is 43.7. The van der Waals surface area contributed by atoms with Gasteiger partial charge < -0.3 is 14.2 Å². The molecule has 0 amide bonds. The Bertz CT molecular complexity index is 885. The summed E-state index contributed by atoms with van der Waals surface area (Å²) in [6.45, 7) is 11.3. The zero-order valence-corrected chi connectivity index (χ0v) is 39.7. The van der Waals surface area contributed by atoms with Crippen molar-refractivity contribution in [2.75, 3.05) is 13.2 Å². The molecule has 0 fully saturated rings. The largest absolute Gasteiger partial charge is 0.462 e. The molecule has 0 radical (unpaired) electrons. The average Bonchev–Trinajstić information content (AvgIpc) is 3.19. The molecular formula is C52H100O6. The van der Waals surface area contributed by atoms with Crippen molar-refractivity contribution in [3.63, 3.8) is 0 Å². The number of rotatable bonds is 46. The van der Waals surface area contributed by atoms with E-state index in [1.807, 2.05) is 0 Å². The summed E-state index contributed by atoms with van der Waals surface area (Å²) in [5.41, 5.74) is 0. The van der Waals surface area contributed by atoms with Gasteiger partial charge in [0, 0.05) is 19.3 Å². The molecule has 0 aliphatic carbocycles. The highest BCUT2D eigenvalue weighted by molar-refractivity contribution is 5.71. The van der Waals surface area contributed by atoms with Crippen LogP contribution in [0.3, 0.4) is 0 Å². The van der Waals surface area contributed by atoms with Crippen molar-refractivity contribution in [2.24, 2.45) is 11.8 Å². The SMILES string of the molecule is CCCCCCCCCCCCCCCCCCC(=O)OC[C@@H](COC(=O)CCCCCCCCC(C)C)OC(=O)CCCCCCCCCCCCCCC(C)C. The fourth-order valence-electron chi connectivity index (χ4n) is 7.81. The fraction of sp³-hybridized carbons (Fsp3) is 0.942. The van der Waals surface area contributed by atoms with Crippen LogP contribution in [0.15, 0.2) is 0 Å². The number of carbonyl (C=O) groups excluding carboxylic acids is 3. The van der Waals surface area contributed by atoms with Crippen molar-refractivity contribution < 1.29 is 28.6 Å². The van der Waals surface area contributed by atoms with Crippen LogP contribution >= 0.6 is 0 Å². The number of carbonyl (C=O) groups is 3. The van der Waals surface area contributed by atoms with Gasteiger partial charge in [-0.3, -0.25) is 14.4 Å². The highest BCUT2D eigenvalue weighted by Gasteiger charge is 2.19. The van der Waals surface area contributed by atoms with Gasteiger partial charge in [0.15, 0.2) is 6.10 Å². The van der Waals surface area contributed by atoms with Crippen molar-refractivity contribution >= 4 is 17.9 Å². The molecule has 0 aliphatic rings. The van der Waals surface area contributed by atoms with Crippen molar-refractivity contribution in [3.05, 3.63) is 0 Å². The lowest BCUT2D eigenvalue weighted by atomic mass is 10.0. The van der Waals surface area contributed by atoms with E-state index in [-0.39, 0.29) is 31.1 Å². The Morgan fingerprint density at radius 2 is 0.569 bits per heavy atom. The van der Waals surface area contributed by atoms with Crippen LogP contribution in [-0.4, -0.2) is 37.2 Å². The molecule has 0 heterocycles. The van der Waals surface area contributed by atoms with Crippen LogP contribution in [-0.2, 0) is 28.6 Å². The lowest BCUT2D eigenvalue weighted by molar-refractivity contribution is -0.167. The maximum Gasteiger partial charge on any atom is 0.306 e. The van der Waals surface area contributed by atoms with E-state index < -0.39 is 6.10 Å². The molecule has 0 unspecified atom stereocenters. The molecule has 1 atom stereocenters. The van der Waals surface area contributed by atoms with Crippen molar-refractivity contribution in [1.82, 2.24) is 0 Å². The topological polar surface area (TPSA) is 78.9 Å². The lowest BCUT2D eigenvalue weighted by Crippen LogP contribution is -2.30. The Hall–Kier alpha value is -1.59. The normalized spacial score (nSPS) is 12.1. The first-order valence-corrected chi connectivity index (χ1v) is 25.7. The first kappa shape index (κ1) is 56.4. The van der Waals surface area contributed by atoms with E-state index in [9.17, 15) is 14.4 Å². The first-order valence-electron chi connectivity index (χ1n) is 25.7. The van der Waals surface area contributed by atoms with Crippen LogP contribution in [0.1, 0.15) is 285 Å². The van der Waals surface area contributed by atoms with Crippen molar-refractivity contribution in [1.29, 1.82) is 0 Å². The summed E-state index contributed by atoms with van der Waals surface area (Å²) in [5, 5.41) is 0. The summed E-state index contributed by atoms with van der Waals surface area (Å²) in [7, 11) is 0. The van der Waals surface area contributed by atoms with Gasteiger partial charge in [-0.05, 0) is 31.1 Å². The lowest BCUT2D eigenvalue weighted by Gasteiger charge is -2.18. The average molecular weight is 821 g/mol. The molecule has 344 valence electrons. The molecule has 58 heavy (non-hydrogen) atoms. The van der Waals surface area contributed by atoms with Gasteiger partial charge in [-0.15, -0.1) is 0 Å². The highest BCUT2D eigenvalue weighted by Crippen LogP contribution is 2.17. The molecule has 0 aliphatic heterocycles. The second-order valence-corrected chi connectivity index (χ2v) is 18.8. The molecule has 0 aromatic carbocycles. The summed E-state index contributed by atoms with van der Waals surface area (Å²) in [5.74, 6) is 0.742. The molecule has 0 saturated carbocycles. The second kappa shape index (κ2) is 44.9. The van der Waals surface area contributed by atoms with E-state index in [1.54, 1.807) is 0 Å². The number of ether oxygens (including phenoxy) is 3. The van der Waals surface area contributed by atoms with E-state index in [2.05, 4.69) is 34.6 Å². The monoisotopic (exact) mass is 821 g/mol. The zero-order valence-electron chi connectivity index (χ0n) is 39.7. The van der Waals surface area contributed by atoms with Crippen molar-refractivity contribution in [3.8, 4) is 0 Å². The summed E-state index contributed by atoms with van der Waals surface area (Å²) in [6.07, 6.45) is 45.3. The van der Waals surface area contributed by atoms with Crippen LogP contribution in [0, 0.1) is 11.8 Å². The Morgan fingerprint density at radius 1 is 0.328 bits per heavy atom. The molecule has 0 N–H and O–H groups in total. The van der Waals surface area contributed by atoms with E-state index in [0.29, 0.717) is 19.3 Å². The predicted molar refractivity (Wildman–Crippen MR) is 247 cm³/mol. The molecule has 0 spiro atoms. The van der Waals surface area contributed by atoms with E-state index >= 15 is 0 Å². The molecule has 0 rings (SSSR count). The number of hydrogen-bond acceptors (Lipinski definition) is 6. The van der Waals surface area contributed by atoms with Crippen LogP contribution in [0.25, 0.3) is 0 Å². The molecule has 0 aromatic rings. The maximum absolute atomic E-state index is 12.8. The molecular weight excluding hydrogens is 721 g/mol. The quantitative estimate of drug-likeness (QED) is 0.0346. The minimum Gasteiger partial charge on any atom is -0.462 e. The Labute approximate surface area is 361 Å². The van der Waals surface area contributed by atoms with Crippen LogP contribution in [0.2, 0.25) is 0 Å². The summed E-state index contributed by atoms with van der Waals surface area (Å²) >= 11 is 0. The maximum atomic E-state index is 12.8. The van der Waals surface area contributed by atoms with Gasteiger partial charge in [0.05, 0.1) is 0 Å². The fourth-order valence-corrected chi connectivity index (χ4v) is 7.81. The third kappa shape index (κ3) is 45.5. The van der Waals surface area contributed by atoms with Crippen LogP contribution in [0.5, 0.6) is 0 Å². The minimum atomic E-state index is -0.762. The third-order valence-corrected chi connectivity index (χ3v) is 11.7. The number of unbranched alkanes of at least 4 members (excludes halogenated alkanes) is 31. The summed E-state index contributed by atoms with van der Waals surface area (Å²) in [6, 6.07) is 0. The summed E-state index contributed by atoms with van der Waals surface area (Å²) in [4.78, 5) is 37.9. The van der Waals surface area contributed by atoms with Gasteiger partial charge in [-0.25, -0.2) is 0 Å². The van der Waals surface area contributed by atoms with Gasteiger partial charge in [-0.2, -0.15) is 0 Å². The molecule has 6 nitrogen and oxygen atoms in total. The Balaban J connectivity index is 4.27.